The highest BCUT2D eigenvalue weighted by atomic mass is 16.5. The Balaban J connectivity index is 1.33. The number of amides is 2. The molecule has 0 aliphatic heterocycles. The topological polar surface area (TPSA) is 93.5 Å². The van der Waals surface area contributed by atoms with Crippen molar-refractivity contribution in [3.8, 4) is 5.75 Å². The van der Waals surface area contributed by atoms with Crippen molar-refractivity contribution in [2.75, 3.05) is 10.6 Å². The third-order valence-corrected chi connectivity index (χ3v) is 4.85. The Morgan fingerprint density at radius 2 is 1.72 bits per heavy atom. The lowest BCUT2D eigenvalue weighted by Gasteiger charge is -2.14. The van der Waals surface area contributed by atoms with E-state index in [9.17, 15) is 9.59 Å². The fourth-order valence-electron chi connectivity index (χ4n) is 2.97. The van der Waals surface area contributed by atoms with Crippen LogP contribution in [-0.4, -0.2) is 17.0 Å². The minimum Gasteiger partial charge on any atom is -0.489 e. The summed E-state index contributed by atoms with van der Waals surface area (Å²) in [7, 11) is 0. The van der Waals surface area contributed by atoms with Crippen LogP contribution in [0.4, 0.5) is 11.5 Å². The monoisotopic (exact) mass is 391 g/mol. The smallest absolute Gasteiger partial charge is 0.241 e. The molecular formula is C22H21N3O4. The Labute approximate surface area is 168 Å². The molecule has 29 heavy (non-hydrogen) atoms. The standard InChI is InChI=1S/C22H21N3O4/c1-15-13-19(25-29-15)24-21(27)22(11-12-22)20(26)23-17-7-9-18(10-8-17)28-14-16-5-3-2-4-6-16/h2-10,13H,11-12,14H2,1H3,(H,23,26)(H,24,25,27). The van der Waals surface area contributed by atoms with E-state index in [1.54, 1.807) is 37.3 Å². The van der Waals surface area contributed by atoms with E-state index in [4.69, 9.17) is 9.26 Å². The highest BCUT2D eigenvalue weighted by Gasteiger charge is 2.56. The van der Waals surface area contributed by atoms with Crippen LogP contribution in [0.3, 0.4) is 0 Å². The number of benzene rings is 2. The van der Waals surface area contributed by atoms with Crippen molar-refractivity contribution in [1.29, 1.82) is 0 Å². The number of carbonyl (C=O) groups is 2. The molecule has 1 fully saturated rings. The average Bonchev–Trinajstić information content (AvgIpc) is 3.46. The fraction of sp³-hybridized carbons (Fsp3) is 0.227. The lowest BCUT2D eigenvalue weighted by atomic mass is 10.1. The number of rotatable bonds is 7. The summed E-state index contributed by atoms with van der Waals surface area (Å²) in [6.45, 7) is 2.20. The van der Waals surface area contributed by atoms with Crippen LogP contribution in [0.1, 0.15) is 24.2 Å². The van der Waals surface area contributed by atoms with E-state index in [2.05, 4.69) is 15.8 Å². The second-order valence-electron chi connectivity index (χ2n) is 7.11. The summed E-state index contributed by atoms with van der Waals surface area (Å²) in [6, 6.07) is 18.6. The molecular weight excluding hydrogens is 370 g/mol. The molecule has 1 aliphatic rings. The zero-order valence-electron chi connectivity index (χ0n) is 16.0. The molecule has 2 N–H and O–H groups in total. The summed E-state index contributed by atoms with van der Waals surface area (Å²) >= 11 is 0. The zero-order chi connectivity index (χ0) is 20.3. The quantitative estimate of drug-likeness (QED) is 0.596. The van der Waals surface area contributed by atoms with Crippen LogP contribution < -0.4 is 15.4 Å². The molecule has 2 aromatic carbocycles. The molecule has 1 aliphatic carbocycles. The number of ether oxygens (including phenoxy) is 1. The zero-order valence-corrected chi connectivity index (χ0v) is 16.0. The van der Waals surface area contributed by atoms with Crippen molar-refractivity contribution in [3.05, 3.63) is 72.0 Å². The van der Waals surface area contributed by atoms with Gasteiger partial charge in [0.05, 0.1) is 0 Å². The van der Waals surface area contributed by atoms with E-state index in [1.807, 2.05) is 30.3 Å². The van der Waals surface area contributed by atoms with Crippen LogP contribution in [0.5, 0.6) is 5.75 Å². The van der Waals surface area contributed by atoms with Gasteiger partial charge < -0.3 is 19.9 Å². The lowest BCUT2D eigenvalue weighted by Crippen LogP contribution is -2.35. The predicted octanol–water partition coefficient (Wildman–Crippen LogP) is 3.92. The Morgan fingerprint density at radius 1 is 1.03 bits per heavy atom. The van der Waals surface area contributed by atoms with E-state index in [0.29, 0.717) is 42.5 Å². The molecule has 7 heteroatoms. The number of carbonyl (C=O) groups excluding carboxylic acids is 2. The molecule has 3 aromatic rings. The Kier molecular flexibility index (Phi) is 5.03. The highest BCUT2D eigenvalue weighted by Crippen LogP contribution is 2.47. The van der Waals surface area contributed by atoms with Gasteiger partial charge in [0, 0.05) is 11.8 Å². The van der Waals surface area contributed by atoms with Gasteiger partial charge in [-0.15, -0.1) is 0 Å². The second-order valence-corrected chi connectivity index (χ2v) is 7.11. The first-order valence-corrected chi connectivity index (χ1v) is 9.38. The average molecular weight is 391 g/mol. The minimum atomic E-state index is -1.06. The van der Waals surface area contributed by atoms with Gasteiger partial charge in [0.2, 0.25) is 11.8 Å². The fourth-order valence-corrected chi connectivity index (χ4v) is 2.97. The predicted molar refractivity (Wildman–Crippen MR) is 107 cm³/mol. The number of hydrogen-bond donors (Lipinski definition) is 2. The van der Waals surface area contributed by atoms with Gasteiger partial charge in [-0.3, -0.25) is 9.59 Å². The molecule has 4 rings (SSSR count). The summed E-state index contributed by atoms with van der Waals surface area (Å²) in [6.07, 6.45) is 1.000. The first-order valence-electron chi connectivity index (χ1n) is 9.38. The van der Waals surface area contributed by atoms with E-state index in [0.717, 1.165) is 5.56 Å². The first-order chi connectivity index (χ1) is 14.0. The summed E-state index contributed by atoms with van der Waals surface area (Å²) < 4.78 is 10.7. The summed E-state index contributed by atoms with van der Waals surface area (Å²) in [4.78, 5) is 25.2. The van der Waals surface area contributed by atoms with Gasteiger partial charge in [0.15, 0.2) is 5.82 Å². The molecule has 0 unspecified atom stereocenters. The van der Waals surface area contributed by atoms with Crippen molar-refractivity contribution in [2.45, 2.75) is 26.4 Å². The van der Waals surface area contributed by atoms with Gasteiger partial charge in [-0.25, -0.2) is 0 Å². The van der Waals surface area contributed by atoms with Crippen LogP contribution in [0.2, 0.25) is 0 Å². The van der Waals surface area contributed by atoms with Crippen LogP contribution in [0.15, 0.2) is 65.2 Å². The molecule has 0 spiro atoms. The van der Waals surface area contributed by atoms with Gasteiger partial charge in [-0.05, 0) is 49.6 Å². The second kappa shape index (κ2) is 7.79. The minimum absolute atomic E-state index is 0.312. The number of aryl methyl sites for hydroxylation is 1. The van der Waals surface area contributed by atoms with Gasteiger partial charge in [-0.1, -0.05) is 35.5 Å². The van der Waals surface area contributed by atoms with Crippen LogP contribution >= 0.6 is 0 Å². The molecule has 1 aromatic heterocycles. The molecule has 2 amide bonds. The third-order valence-electron chi connectivity index (χ3n) is 4.85. The van der Waals surface area contributed by atoms with Gasteiger partial charge >= 0.3 is 0 Å². The summed E-state index contributed by atoms with van der Waals surface area (Å²) in [5.41, 5.74) is 0.627. The molecule has 7 nitrogen and oxygen atoms in total. The maximum atomic E-state index is 12.7. The largest absolute Gasteiger partial charge is 0.489 e. The van der Waals surface area contributed by atoms with Crippen molar-refractivity contribution in [1.82, 2.24) is 5.16 Å². The van der Waals surface area contributed by atoms with E-state index >= 15 is 0 Å². The molecule has 148 valence electrons. The van der Waals surface area contributed by atoms with Crippen molar-refractivity contribution >= 4 is 23.3 Å². The van der Waals surface area contributed by atoms with Crippen molar-refractivity contribution < 1.29 is 18.8 Å². The van der Waals surface area contributed by atoms with Gasteiger partial charge in [0.25, 0.3) is 0 Å². The molecule has 0 atom stereocenters. The van der Waals surface area contributed by atoms with Crippen LogP contribution in [0, 0.1) is 12.3 Å². The maximum absolute atomic E-state index is 12.7. The van der Waals surface area contributed by atoms with E-state index in [1.165, 1.54) is 0 Å². The molecule has 1 heterocycles. The molecule has 0 saturated heterocycles. The lowest BCUT2D eigenvalue weighted by molar-refractivity contribution is -0.131. The highest BCUT2D eigenvalue weighted by molar-refractivity contribution is 6.16. The molecule has 0 radical (unpaired) electrons. The van der Waals surface area contributed by atoms with Crippen molar-refractivity contribution in [3.63, 3.8) is 0 Å². The normalized spacial score (nSPS) is 14.1. The third kappa shape index (κ3) is 4.29. The number of aromatic nitrogens is 1. The number of anilines is 2. The Bertz CT molecular complexity index is 1010. The van der Waals surface area contributed by atoms with Crippen LogP contribution in [0.25, 0.3) is 0 Å². The number of nitrogens with one attached hydrogen (secondary N) is 2. The Hall–Kier alpha value is -3.61. The van der Waals surface area contributed by atoms with Crippen molar-refractivity contribution in [2.24, 2.45) is 5.41 Å². The van der Waals surface area contributed by atoms with Crippen LogP contribution in [-0.2, 0) is 16.2 Å². The SMILES string of the molecule is Cc1cc(NC(=O)C2(C(=O)Nc3ccc(OCc4ccccc4)cc3)CC2)no1. The van der Waals surface area contributed by atoms with Gasteiger partial charge in [0.1, 0.15) is 23.5 Å². The molecule has 1 saturated carbocycles. The summed E-state index contributed by atoms with van der Waals surface area (Å²) in [5, 5.41) is 9.20. The number of nitrogens with zero attached hydrogens (tertiary/aromatic N) is 1. The summed E-state index contributed by atoms with van der Waals surface area (Å²) in [5.74, 6) is 0.905. The first kappa shape index (κ1) is 18.7. The van der Waals surface area contributed by atoms with E-state index in [-0.39, 0.29) is 11.8 Å². The van der Waals surface area contributed by atoms with E-state index < -0.39 is 5.41 Å². The van der Waals surface area contributed by atoms with Gasteiger partial charge in [-0.2, -0.15) is 0 Å². The molecule has 0 bridgehead atoms. The number of hydrogen-bond acceptors (Lipinski definition) is 5. The maximum Gasteiger partial charge on any atom is 0.241 e. The Morgan fingerprint density at radius 3 is 2.34 bits per heavy atom.